The molecule has 2 heterocycles. The fourth-order valence-corrected chi connectivity index (χ4v) is 3.67. The Morgan fingerprint density at radius 3 is 2.42 bits per heavy atom. The number of benzene rings is 1. The van der Waals surface area contributed by atoms with Crippen molar-refractivity contribution in [2.24, 2.45) is 11.8 Å². The number of amides is 2. The lowest BCUT2D eigenvalue weighted by Crippen LogP contribution is -2.39. The summed E-state index contributed by atoms with van der Waals surface area (Å²) in [6, 6.07) is 11.1. The molecule has 2 amide bonds. The van der Waals surface area contributed by atoms with Crippen molar-refractivity contribution in [2.75, 3.05) is 19.6 Å². The molecule has 0 aliphatic carbocycles. The van der Waals surface area contributed by atoms with Crippen LogP contribution in [0.15, 0.2) is 47.1 Å². The SMILES string of the molecule is CC(C)CN(CC(C)C)C(=O)Cn1c(CCNC(=O)c2ccco2)nc2ccccc21. The first-order valence-electron chi connectivity index (χ1n) is 10.9. The summed E-state index contributed by atoms with van der Waals surface area (Å²) in [5.74, 6) is 1.69. The Morgan fingerprint density at radius 1 is 1.06 bits per heavy atom. The number of carbonyl (C=O) groups is 2. The number of nitrogens with one attached hydrogen (secondary N) is 1. The molecular formula is C24H32N4O3. The minimum atomic E-state index is -0.260. The number of furan rings is 1. The first-order chi connectivity index (χ1) is 14.8. The highest BCUT2D eigenvalue weighted by molar-refractivity contribution is 5.91. The van der Waals surface area contributed by atoms with Crippen LogP contribution in [0, 0.1) is 11.8 Å². The minimum absolute atomic E-state index is 0.0893. The normalized spacial score (nSPS) is 11.4. The molecule has 0 unspecified atom stereocenters. The number of nitrogens with zero attached hydrogens (tertiary/aromatic N) is 3. The molecule has 1 N–H and O–H groups in total. The van der Waals surface area contributed by atoms with E-state index in [2.05, 4.69) is 33.0 Å². The molecule has 7 heteroatoms. The lowest BCUT2D eigenvalue weighted by atomic mass is 10.1. The predicted molar refractivity (Wildman–Crippen MR) is 121 cm³/mol. The number of hydrogen-bond donors (Lipinski definition) is 1. The monoisotopic (exact) mass is 424 g/mol. The van der Waals surface area contributed by atoms with Crippen LogP contribution in [0.2, 0.25) is 0 Å². The molecule has 0 aliphatic rings. The standard InChI is InChI=1S/C24H32N4O3/c1-17(2)14-27(15-18(3)4)23(29)16-28-20-9-6-5-8-19(20)26-22(28)11-12-25-24(30)21-10-7-13-31-21/h5-10,13,17-18H,11-12,14-16H2,1-4H3,(H,25,30). The molecular weight excluding hydrogens is 392 g/mol. The van der Waals surface area contributed by atoms with Crippen LogP contribution in [0.25, 0.3) is 11.0 Å². The largest absolute Gasteiger partial charge is 0.459 e. The lowest BCUT2D eigenvalue weighted by Gasteiger charge is -2.27. The molecule has 3 rings (SSSR count). The first kappa shape index (κ1) is 22.6. The predicted octanol–water partition coefficient (Wildman–Crippen LogP) is 3.74. The summed E-state index contributed by atoms with van der Waals surface area (Å²) in [5.41, 5.74) is 1.78. The fraction of sp³-hybridized carbons (Fsp3) is 0.458. The van der Waals surface area contributed by atoms with Crippen LogP contribution in [0.1, 0.15) is 44.1 Å². The number of carbonyl (C=O) groups excluding carboxylic acids is 2. The second-order valence-electron chi connectivity index (χ2n) is 8.67. The zero-order valence-corrected chi connectivity index (χ0v) is 18.8. The third kappa shape index (κ3) is 5.96. The average molecular weight is 425 g/mol. The fourth-order valence-electron chi connectivity index (χ4n) is 3.67. The molecule has 0 bridgehead atoms. The summed E-state index contributed by atoms with van der Waals surface area (Å²) in [6.07, 6.45) is 1.99. The highest BCUT2D eigenvalue weighted by atomic mass is 16.3. The number of imidazole rings is 1. The van der Waals surface area contributed by atoms with E-state index in [1.807, 2.05) is 33.7 Å². The van der Waals surface area contributed by atoms with Crippen LogP contribution in [0.4, 0.5) is 0 Å². The Bertz CT molecular complexity index is 995. The molecule has 0 aliphatic heterocycles. The van der Waals surface area contributed by atoms with E-state index in [0.29, 0.717) is 24.8 Å². The van der Waals surface area contributed by atoms with Crippen LogP contribution in [0.3, 0.4) is 0 Å². The van der Waals surface area contributed by atoms with Crippen molar-refractivity contribution >= 4 is 22.8 Å². The van der Waals surface area contributed by atoms with E-state index in [1.165, 1.54) is 6.26 Å². The van der Waals surface area contributed by atoms with Gasteiger partial charge in [-0.15, -0.1) is 0 Å². The summed E-state index contributed by atoms with van der Waals surface area (Å²) in [7, 11) is 0. The molecule has 2 aromatic heterocycles. The van der Waals surface area contributed by atoms with Crippen LogP contribution in [0.5, 0.6) is 0 Å². The molecule has 3 aromatic rings. The maximum Gasteiger partial charge on any atom is 0.286 e. The molecule has 31 heavy (non-hydrogen) atoms. The van der Waals surface area contributed by atoms with E-state index >= 15 is 0 Å². The Labute approximate surface area is 183 Å². The van der Waals surface area contributed by atoms with E-state index in [-0.39, 0.29) is 24.1 Å². The van der Waals surface area contributed by atoms with Gasteiger partial charge in [0.25, 0.3) is 5.91 Å². The molecule has 1 aromatic carbocycles. The van der Waals surface area contributed by atoms with Crippen LogP contribution in [-0.2, 0) is 17.8 Å². The van der Waals surface area contributed by atoms with Gasteiger partial charge in [0.05, 0.1) is 17.3 Å². The van der Waals surface area contributed by atoms with Gasteiger partial charge < -0.3 is 19.2 Å². The summed E-state index contributed by atoms with van der Waals surface area (Å²) in [6.45, 7) is 10.6. The Morgan fingerprint density at radius 2 is 1.77 bits per heavy atom. The molecule has 0 saturated heterocycles. The Kier molecular flexibility index (Phi) is 7.50. The molecule has 0 saturated carbocycles. The minimum Gasteiger partial charge on any atom is -0.459 e. The number of aromatic nitrogens is 2. The van der Waals surface area contributed by atoms with E-state index in [9.17, 15) is 9.59 Å². The maximum absolute atomic E-state index is 13.2. The zero-order valence-electron chi connectivity index (χ0n) is 18.8. The van der Waals surface area contributed by atoms with Crippen molar-refractivity contribution in [1.29, 1.82) is 0 Å². The quantitative estimate of drug-likeness (QED) is 0.538. The third-order valence-corrected chi connectivity index (χ3v) is 4.93. The molecule has 0 atom stereocenters. The Balaban J connectivity index is 1.76. The van der Waals surface area contributed by atoms with Gasteiger partial charge in [-0.2, -0.15) is 0 Å². The topological polar surface area (TPSA) is 80.4 Å². The van der Waals surface area contributed by atoms with Crippen molar-refractivity contribution in [3.8, 4) is 0 Å². The molecule has 0 radical (unpaired) electrons. The molecule has 0 spiro atoms. The number of para-hydroxylation sites is 2. The Hall–Kier alpha value is -3.09. The average Bonchev–Trinajstić information content (AvgIpc) is 3.36. The third-order valence-electron chi connectivity index (χ3n) is 4.93. The van der Waals surface area contributed by atoms with Gasteiger partial charge in [-0.05, 0) is 36.1 Å². The van der Waals surface area contributed by atoms with Crippen LogP contribution < -0.4 is 5.32 Å². The summed E-state index contributed by atoms with van der Waals surface area (Å²) >= 11 is 0. The molecule has 166 valence electrons. The van der Waals surface area contributed by atoms with Crippen LogP contribution in [-0.4, -0.2) is 45.9 Å². The van der Waals surface area contributed by atoms with Crippen molar-refractivity contribution < 1.29 is 14.0 Å². The van der Waals surface area contributed by atoms with Crippen molar-refractivity contribution in [3.63, 3.8) is 0 Å². The van der Waals surface area contributed by atoms with E-state index < -0.39 is 0 Å². The van der Waals surface area contributed by atoms with Gasteiger partial charge in [0, 0.05) is 26.1 Å². The van der Waals surface area contributed by atoms with Gasteiger partial charge in [-0.25, -0.2) is 4.98 Å². The number of hydrogen-bond acceptors (Lipinski definition) is 4. The zero-order chi connectivity index (χ0) is 22.4. The maximum atomic E-state index is 13.2. The lowest BCUT2D eigenvalue weighted by molar-refractivity contribution is -0.132. The van der Waals surface area contributed by atoms with Crippen LogP contribution >= 0.6 is 0 Å². The smallest absolute Gasteiger partial charge is 0.286 e. The van der Waals surface area contributed by atoms with E-state index in [4.69, 9.17) is 9.40 Å². The second-order valence-corrected chi connectivity index (χ2v) is 8.67. The summed E-state index contributed by atoms with van der Waals surface area (Å²) in [4.78, 5) is 32.0. The van der Waals surface area contributed by atoms with Crippen molar-refractivity contribution in [2.45, 2.75) is 40.7 Å². The van der Waals surface area contributed by atoms with Gasteiger partial charge in [-0.3, -0.25) is 9.59 Å². The highest BCUT2D eigenvalue weighted by Crippen LogP contribution is 2.17. The number of fused-ring (bicyclic) bond motifs is 1. The summed E-state index contributed by atoms with van der Waals surface area (Å²) < 4.78 is 7.11. The van der Waals surface area contributed by atoms with Crippen molar-refractivity contribution in [3.05, 3.63) is 54.2 Å². The van der Waals surface area contributed by atoms with Crippen molar-refractivity contribution in [1.82, 2.24) is 19.8 Å². The molecule has 0 fully saturated rings. The molecule has 7 nitrogen and oxygen atoms in total. The second kappa shape index (κ2) is 10.3. The van der Waals surface area contributed by atoms with Gasteiger partial charge in [0.15, 0.2) is 5.76 Å². The first-order valence-corrected chi connectivity index (χ1v) is 10.9. The van der Waals surface area contributed by atoms with Gasteiger partial charge in [0.1, 0.15) is 12.4 Å². The van der Waals surface area contributed by atoms with Gasteiger partial charge >= 0.3 is 0 Å². The van der Waals surface area contributed by atoms with E-state index in [0.717, 1.165) is 29.9 Å². The number of rotatable bonds is 10. The van der Waals surface area contributed by atoms with E-state index in [1.54, 1.807) is 12.1 Å². The summed E-state index contributed by atoms with van der Waals surface area (Å²) in [5, 5.41) is 2.85. The van der Waals surface area contributed by atoms with Gasteiger partial charge in [-0.1, -0.05) is 39.8 Å². The highest BCUT2D eigenvalue weighted by Gasteiger charge is 2.20. The van der Waals surface area contributed by atoms with Gasteiger partial charge in [0.2, 0.25) is 5.91 Å².